The first-order valence-electron chi connectivity index (χ1n) is 11.3. The third-order valence-corrected chi connectivity index (χ3v) is 6.22. The van der Waals surface area contributed by atoms with E-state index in [0.29, 0.717) is 12.5 Å². The Hall–Kier alpha value is -2.63. The Bertz CT molecular complexity index is 859. The summed E-state index contributed by atoms with van der Waals surface area (Å²) in [5.41, 5.74) is 3.59. The van der Waals surface area contributed by atoms with E-state index in [9.17, 15) is 4.79 Å². The molecule has 0 spiro atoms. The summed E-state index contributed by atoms with van der Waals surface area (Å²) in [5, 5.41) is 6.79. The molecule has 1 amide bonds. The molecule has 1 fully saturated rings. The molecule has 0 atom stereocenters. The van der Waals surface area contributed by atoms with Crippen LogP contribution in [0.15, 0.2) is 30.3 Å². The van der Waals surface area contributed by atoms with Gasteiger partial charge in [0.1, 0.15) is 5.82 Å². The van der Waals surface area contributed by atoms with Gasteiger partial charge < -0.3 is 15.5 Å². The zero-order chi connectivity index (χ0) is 20.9. The van der Waals surface area contributed by atoms with E-state index in [1.54, 1.807) is 0 Å². The highest BCUT2D eigenvalue weighted by molar-refractivity contribution is 5.78. The number of carbonyl (C=O) groups is 1. The van der Waals surface area contributed by atoms with E-state index in [4.69, 9.17) is 9.97 Å². The van der Waals surface area contributed by atoms with Gasteiger partial charge in [0.05, 0.1) is 12.1 Å². The molecule has 1 aromatic carbocycles. The lowest BCUT2D eigenvalue weighted by Crippen LogP contribution is -2.41. The molecule has 30 heavy (non-hydrogen) atoms. The van der Waals surface area contributed by atoms with Crippen molar-refractivity contribution in [3.05, 3.63) is 47.2 Å². The second-order valence-corrected chi connectivity index (χ2v) is 8.82. The summed E-state index contributed by atoms with van der Waals surface area (Å²) >= 11 is 0. The highest BCUT2D eigenvalue weighted by Gasteiger charge is 2.24. The lowest BCUT2D eigenvalue weighted by molar-refractivity contribution is -0.121. The molecule has 4 rings (SSSR count). The van der Waals surface area contributed by atoms with Crippen molar-refractivity contribution in [3.63, 3.8) is 0 Å². The number of amides is 1. The van der Waals surface area contributed by atoms with Crippen molar-refractivity contribution in [3.8, 4) is 0 Å². The quantitative estimate of drug-likeness (QED) is 0.767. The van der Waals surface area contributed by atoms with Crippen LogP contribution in [0.2, 0.25) is 0 Å². The lowest BCUT2D eigenvalue weighted by Gasteiger charge is -2.30. The molecule has 0 bridgehead atoms. The van der Waals surface area contributed by atoms with Crippen LogP contribution in [0.3, 0.4) is 0 Å². The van der Waals surface area contributed by atoms with Crippen LogP contribution in [0.4, 0.5) is 11.8 Å². The minimum atomic E-state index is 0.117. The summed E-state index contributed by atoms with van der Waals surface area (Å²) in [6.07, 6.45) is 9.04. The third kappa shape index (κ3) is 5.10. The highest BCUT2D eigenvalue weighted by Crippen LogP contribution is 2.29. The van der Waals surface area contributed by atoms with Crippen LogP contribution >= 0.6 is 0 Å². The number of rotatable bonds is 6. The second kappa shape index (κ2) is 9.45. The number of fused-ring (bicyclic) bond motifs is 1. The van der Waals surface area contributed by atoms with E-state index in [1.807, 2.05) is 30.3 Å². The molecule has 0 aliphatic heterocycles. The number of benzene rings is 1. The maximum Gasteiger partial charge on any atom is 0.225 e. The van der Waals surface area contributed by atoms with Crippen molar-refractivity contribution in [1.29, 1.82) is 0 Å². The highest BCUT2D eigenvalue weighted by atomic mass is 16.1. The van der Waals surface area contributed by atoms with Gasteiger partial charge in [-0.25, -0.2) is 4.98 Å². The van der Waals surface area contributed by atoms with Gasteiger partial charge >= 0.3 is 0 Å². The fraction of sp³-hybridized carbons (Fsp3) is 0.542. The molecule has 0 saturated heterocycles. The fourth-order valence-electron chi connectivity index (χ4n) is 4.63. The van der Waals surface area contributed by atoms with Gasteiger partial charge in [-0.1, -0.05) is 30.3 Å². The molecule has 160 valence electrons. The largest absolute Gasteiger partial charge is 0.362 e. The average Bonchev–Trinajstić information content (AvgIpc) is 2.75. The summed E-state index contributed by atoms with van der Waals surface area (Å²) in [4.78, 5) is 24.1. The van der Waals surface area contributed by atoms with Crippen molar-refractivity contribution >= 4 is 17.7 Å². The molecule has 1 heterocycles. The minimum Gasteiger partial charge on any atom is -0.362 e. The zero-order valence-corrected chi connectivity index (χ0v) is 18.2. The van der Waals surface area contributed by atoms with Gasteiger partial charge in [0.2, 0.25) is 11.9 Å². The Morgan fingerprint density at radius 1 is 1.00 bits per heavy atom. The smallest absolute Gasteiger partial charge is 0.225 e. The van der Waals surface area contributed by atoms with Gasteiger partial charge in [-0.15, -0.1) is 0 Å². The van der Waals surface area contributed by atoms with Crippen LogP contribution in [0.1, 0.15) is 55.3 Å². The lowest BCUT2D eigenvalue weighted by atomic mass is 9.91. The van der Waals surface area contributed by atoms with Gasteiger partial charge in [0, 0.05) is 31.7 Å². The predicted molar refractivity (Wildman–Crippen MR) is 121 cm³/mol. The predicted octanol–water partition coefficient (Wildman–Crippen LogP) is 3.50. The fourth-order valence-corrected chi connectivity index (χ4v) is 4.63. The number of nitrogens with one attached hydrogen (secondary N) is 2. The van der Waals surface area contributed by atoms with E-state index < -0.39 is 0 Å². The van der Waals surface area contributed by atoms with Crippen LogP contribution in [0.5, 0.6) is 0 Å². The summed E-state index contributed by atoms with van der Waals surface area (Å²) in [5.74, 6) is 1.94. The standard InChI is InChI=1S/C24H33N5O/c1-29(2)23-20-10-6-7-11-21(20)27-24(28-23)26-19-14-12-18(13-15-19)25-22(30)16-17-8-4-3-5-9-17/h3-5,8-9,18-19H,6-7,10-16H2,1-2H3,(H,25,30)(H,26,27,28)/t18-,19+. The number of anilines is 2. The molecule has 1 saturated carbocycles. The van der Waals surface area contributed by atoms with Crippen molar-refractivity contribution in [1.82, 2.24) is 15.3 Å². The first-order valence-corrected chi connectivity index (χ1v) is 11.3. The molecule has 6 heteroatoms. The summed E-state index contributed by atoms with van der Waals surface area (Å²) in [7, 11) is 4.12. The van der Waals surface area contributed by atoms with Gasteiger partial charge in [0.25, 0.3) is 0 Å². The number of aryl methyl sites for hydroxylation is 1. The molecular weight excluding hydrogens is 374 g/mol. The second-order valence-electron chi connectivity index (χ2n) is 8.82. The first kappa shape index (κ1) is 20.6. The van der Waals surface area contributed by atoms with Crippen molar-refractivity contribution < 1.29 is 4.79 Å². The molecule has 2 aliphatic rings. The number of hydrogen-bond donors (Lipinski definition) is 2. The van der Waals surface area contributed by atoms with Gasteiger partial charge in [0.15, 0.2) is 0 Å². The van der Waals surface area contributed by atoms with Crippen LogP contribution in [0.25, 0.3) is 0 Å². The molecule has 6 nitrogen and oxygen atoms in total. The van der Waals surface area contributed by atoms with Gasteiger partial charge in [-0.2, -0.15) is 4.98 Å². The first-order chi connectivity index (χ1) is 14.6. The summed E-state index contributed by atoms with van der Waals surface area (Å²) in [6, 6.07) is 10.6. The monoisotopic (exact) mass is 407 g/mol. The Labute approximate surface area is 179 Å². The van der Waals surface area contributed by atoms with E-state index in [0.717, 1.165) is 55.9 Å². The van der Waals surface area contributed by atoms with Gasteiger partial charge in [-0.05, 0) is 56.9 Å². The van der Waals surface area contributed by atoms with Crippen LogP contribution in [-0.2, 0) is 24.1 Å². The van der Waals surface area contributed by atoms with Crippen LogP contribution in [0, 0.1) is 0 Å². The zero-order valence-electron chi connectivity index (χ0n) is 18.2. The van der Waals surface area contributed by atoms with Crippen LogP contribution in [-0.4, -0.2) is 42.1 Å². The average molecular weight is 408 g/mol. The Kier molecular flexibility index (Phi) is 6.50. The number of carbonyl (C=O) groups excluding carboxylic acids is 1. The number of nitrogens with zero attached hydrogens (tertiary/aromatic N) is 3. The Balaban J connectivity index is 1.30. The van der Waals surface area contributed by atoms with Crippen molar-refractivity contribution in [2.24, 2.45) is 0 Å². The van der Waals surface area contributed by atoms with E-state index in [-0.39, 0.29) is 11.9 Å². The van der Waals surface area contributed by atoms with E-state index >= 15 is 0 Å². The number of aromatic nitrogens is 2. The molecule has 2 N–H and O–H groups in total. The molecule has 2 aliphatic carbocycles. The molecule has 0 unspecified atom stereocenters. The molecular formula is C24H33N5O. The van der Waals surface area contributed by atoms with Crippen LogP contribution < -0.4 is 15.5 Å². The Morgan fingerprint density at radius 3 is 2.43 bits per heavy atom. The summed E-state index contributed by atoms with van der Waals surface area (Å²) < 4.78 is 0. The van der Waals surface area contributed by atoms with E-state index in [2.05, 4.69) is 29.6 Å². The maximum atomic E-state index is 12.3. The summed E-state index contributed by atoms with van der Waals surface area (Å²) in [6.45, 7) is 0. The normalized spacial score (nSPS) is 20.9. The van der Waals surface area contributed by atoms with Crippen molar-refractivity contribution in [2.45, 2.75) is 69.9 Å². The molecule has 1 aromatic heterocycles. The van der Waals surface area contributed by atoms with Gasteiger partial charge in [-0.3, -0.25) is 4.79 Å². The van der Waals surface area contributed by atoms with E-state index in [1.165, 1.54) is 24.1 Å². The molecule has 0 radical (unpaired) electrons. The molecule has 2 aromatic rings. The minimum absolute atomic E-state index is 0.117. The third-order valence-electron chi connectivity index (χ3n) is 6.22. The van der Waals surface area contributed by atoms with Crippen molar-refractivity contribution in [2.75, 3.05) is 24.3 Å². The maximum absolute atomic E-state index is 12.3. The SMILES string of the molecule is CN(C)c1nc(N[C@H]2CC[C@@H](NC(=O)Cc3ccccc3)CC2)nc2c1CCCC2. The topological polar surface area (TPSA) is 70.2 Å². The Morgan fingerprint density at radius 2 is 1.70 bits per heavy atom. The number of hydrogen-bond acceptors (Lipinski definition) is 5.